The van der Waals surface area contributed by atoms with Gasteiger partial charge in [-0.25, -0.2) is 4.79 Å². The highest BCUT2D eigenvalue weighted by atomic mass is 16.6. The Morgan fingerprint density at radius 1 is 1.20 bits per heavy atom. The highest BCUT2D eigenvalue weighted by molar-refractivity contribution is 5.92. The predicted octanol–water partition coefficient (Wildman–Crippen LogP) is 4.41. The van der Waals surface area contributed by atoms with Crippen LogP contribution in [0, 0.1) is 24.2 Å². The highest BCUT2D eigenvalue weighted by Gasteiger charge is 2.48. The summed E-state index contributed by atoms with van der Waals surface area (Å²) in [5, 5.41) is 5.75. The van der Waals surface area contributed by atoms with Crippen molar-refractivity contribution in [2.75, 3.05) is 6.54 Å². The second-order valence-electron chi connectivity index (χ2n) is 10.7. The first-order chi connectivity index (χ1) is 16.4. The van der Waals surface area contributed by atoms with Crippen LogP contribution in [0.25, 0.3) is 0 Å². The molecule has 1 saturated carbocycles. The van der Waals surface area contributed by atoms with Gasteiger partial charge in [0.15, 0.2) is 0 Å². The number of amides is 3. The summed E-state index contributed by atoms with van der Waals surface area (Å²) in [6.07, 6.45) is 7.45. The van der Waals surface area contributed by atoms with E-state index >= 15 is 0 Å². The number of ether oxygens (including phenoxy) is 1. The molecule has 2 N–H and O–H groups in total. The molecule has 4 atom stereocenters. The Kier molecular flexibility index (Phi) is 9.76. The highest BCUT2D eigenvalue weighted by Crippen LogP contribution is 2.41. The summed E-state index contributed by atoms with van der Waals surface area (Å²) >= 11 is 0. The van der Waals surface area contributed by atoms with Gasteiger partial charge >= 0.3 is 6.09 Å². The van der Waals surface area contributed by atoms with Crippen LogP contribution in [0.2, 0.25) is 0 Å². The van der Waals surface area contributed by atoms with Crippen LogP contribution < -0.4 is 10.6 Å². The Hall–Kier alpha value is -3.01. The molecule has 0 aromatic heterocycles. The SMILES string of the molecule is C#Cc1ccc(C(C(=O)NCCCC)N(C(=O)C(NC(=O)OC(C)(C)C)C(C)C)C2CC2C)cc1. The summed E-state index contributed by atoms with van der Waals surface area (Å²) in [5.74, 6) is 2.10. The fraction of sp³-hybridized carbons (Fsp3) is 0.607. The Bertz CT molecular complexity index is 927. The van der Waals surface area contributed by atoms with Gasteiger partial charge in [-0.3, -0.25) is 9.59 Å². The fourth-order valence-corrected chi connectivity index (χ4v) is 3.97. The van der Waals surface area contributed by atoms with Crippen molar-refractivity contribution in [1.82, 2.24) is 15.5 Å². The van der Waals surface area contributed by atoms with Crippen LogP contribution >= 0.6 is 0 Å². The van der Waals surface area contributed by atoms with Gasteiger partial charge < -0.3 is 20.3 Å². The third-order valence-corrected chi connectivity index (χ3v) is 6.03. The molecular formula is C28H41N3O4. The minimum atomic E-state index is -0.839. The molecule has 1 aliphatic carbocycles. The van der Waals surface area contributed by atoms with Crippen molar-refractivity contribution in [2.45, 2.75) is 91.5 Å². The number of terminal acetylenes is 1. The fourth-order valence-electron chi connectivity index (χ4n) is 3.97. The van der Waals surface area contributed by atoms with Crippen LogP contribution in [-0.4, -0.2) is 47.0 Å². The van der Waals surface area contributed by atoms with Crippen LogP contribution in [0.15, 0.2) is 24.3 Å². The molecule has 0 saturated heterocycles. The van der Waals surface area contributed by atoms with Gasteiger partial charge in [-0.1, -0.05) is 52.2 Å². The number of unbranched alkanes of at least 4 members (excludes halogenated alkanes) is 1. The number of hydrogen-bond donors (Lipinski definition) is 2. The number of carbonyl (C=O) groups is 3. The average Bonchev–Trinajstić information content (AvgIpc) is 3.49. The summed E-state index contributed by atoms with van der Waals surface area (Å²) in [6.45, 7) is 13.7. The molecule has 0 heterocycles. The molecule has 1 fully saturated rings. The molecule has 1 aliphatic rings. The topological polar surface area (TPSA) is 87.7 Å². The van der Waals surface area contributed by atoms with Gasteiger partial charge in [-0.2, -0.15) is 0 Å². The summed E-state index contributed by atoms with van der Waals surface area (Å²) in [4.78, 5) is 41.8. The molecule has 2 rings (SSSR count). The van der Waals surface area contributed by atoms with E-state index < -0.39 is 23.8 Å². The zero-order chi connectivity index (χ0) is 26.3. The maximum absolute atomic E-state index is 14.0. The van der Waals surface area contributed by atoms with Crippen molar-refractivity contribution in [2.24, 2.45) is 11.8 Å². The molecule has 7 heteroatoms. The van der Waals surface area contributed by atoms with Gasteiger partial charge in [-0.05, 0) is 63.1 Å². The van der Waals surface area contributed by atoms with E-state index in [4.69, 9.17) is 11.2 Å². The molecule has 192 valence electrons. The van der Waals surface area contributed by atoms with E-state index in [0.717, 1.165) is 19.3 Å². The van der Waals surface area contributed by atoms with E-state index in [1.807, 2.05) is 13.8 Å². The summed E-state index contributed by atoms with van der Waals surface area (Å²) in [5.41, 5.74) is 0.688. The zero-order valence-electron chi connectivity index (χ0n) is 22.2. The number of alkyl carbamates (subject to hydrolysis) is 1. The van der Waals surface area contributed by atoms with Crippen LogP contribution in [0.3, 0.4) is 0 Å². The second kappa shape index (κ2) is 12.1. The normalized spacial score (nSPS) is 18.7. The third-order valence-electron chi connectivity index (χ3n) is 6.03. The van der Waals surface area contributed by atoms with E-state index in [0.29, 0.717) is 17.7 Å². The van der Waals surface area contributed by atoms with Crippen molar-refractivity contribution in [1.29, 1.82) is 0 Å². The molecule has 0 radical (unpaired) electrons. The first kappa shape index (κ1) is 28.2. The predicted molar refractivity (Wildman–Crippen MR) is 137 cm³/mol. The lowest BCUT2D eigenvalue weighted by Gasteiger charge is -2.36. The maximum Gasteiger partial charge on any atom is 0.408 e. The number of carbonyl (C=O) groups excluding carboxylic acids is 3. The maximum atomic E-state index is 14.0. The Labute approximate surface area is 210 Å². The van der Waals surface area contributed by atoms with Gasteiger partial charge in [0.25, 0.3) is 0 Å². The molecule has 4 unspecified atom stereocenters. The molecular weight excluding hydrogens is 442 g/mol. The van der Waals surface area contributed by atoms with Crippen LogP contribution in [0.5, 0.6) is 0 Å². The number of nitrogens with zero attached hydrogens (tertiary/aromatic N) is 1. The van der Waals surface area contributed by atoms with Crippen molar-refractivity contribution in [3.63, 3.8) is 0 Å². The minimum Gasteiger partial charge on any atom is -0.444 e. The number of benzene rings is 1. The first-order valence-electron chi connectivity index (χ1n) is 12.6. The lowest BCUT2D eigenvalue weighted by atomic mass is 9.97. The molecule has 0 spiro atoms. The van der Waals surface area contributed by atoms with Crippen LogP contribution in [-0.2, 0) is 14.3 Å². The minimum absolute atomic E-state index is 0.0987. The molecule has 7 nitrogen and oxygen atoms in total. The summed E-state index contributed by atoms with van der Waals surface area (Å²) < 4.78 is 5.41. The van der Waals surface area contributed by atoms with Crippen LogP contribution in [0.1, 0.15) is 84.9 Å². The quantitative estimate of drug-likeness (QED) is 0.381. The standard InChI is InChI=1S/C28H41N3O4/c1-9-11-16-29-25(32)24(21-14-12-20(10-2)13-15-21)31(22-17-19(22)5)26(33)23(18(3)4)30-27(34)35-28(6,7)8/h2,12-15,18-19,22-24H,9,11,16-17H2,1,3-8H3,(H,29,32)(H,30,34). The van der Waals surface area contributed by atoms with E-state index in [9.17, 15) is 14.4 Å². The Balaban J connectivity index is 2.45. The molecule has 1 aromatic rings. The van der Waals surface area contributed by atoms with Gasteiger partial charge in [0.05, 0.1) is 0 Å². The van der Waals surface area contributed by atoms with E-state index in [1.165, 1.54) is 0 Å². The number of nitrogens with one attached hydrogen (secondary N) is 2. The van der Waals surface area contributed by atoms with Crippen molar-refractivity contribution in [3.05, 3.63) is 35.4 Å². The third kappa shape index (κ3) is 8.02. The van der Waals surface area contributed by atoms with Crippen molar-refractivity contribution in [3.8, 4) is 12.3 Å². The summed E-state index contributed by atoms with van der Waals surface area (Å²) in [7, 11) is 0. The van der Waals surface area contributed by atoms with Crippen LogP contribution in [0.4, 0.5) is 4.79 Å². The lowest BCUT2D eigenvalue weighted by molar-refractivity contribution is -0.144. The molecule has 1 aromatic carbocycles. The van der Waals surface area contributed by atoms with Gasteiger partial charge in [0.2, 0.25) is 11.8 Å². The molecule has 0 aliphatic heterocycles. The largest absolute Gasteiger partial charge is 0.444 e. The molecule has 3 amide bonds. The summed E-state index contributed by atoms with van der Waals surface area (Å²) in [6, 6.07) is 5.39. The van der Waals surface area contributed by atoms with E-state index in [1.54, 1.807) is 49.9 Å². The average molecular weight is 484 g/mol. The smallest absolute Gasteiger partial charge is 0.408 e. The Morgan fingerprint density at radius 2 is 1.80 bits per heavy atom. The first-order valence-corrected chi connectivity index (χ1v) is 12.6. The van der Waals surface area contributed by atoms with Gasteiger partial charge in [0, 0.05) is 18.2 Å². The van der Waals surface area contributed by atoms with Crippen molar-refractivity contribution < 1.29 is 19.1 Å². The second-order valence-corrected chi connectivity index (χ2v) is 10.7. The number of hydrogen-bond acceptors (Lipinski definition) is 4. The van der Waals surface area contributed by atoms with Crippen molar-refractivity contribution >= 4 is 17.9 Å². The van der Waals surface area contributed by atoms with Gasteiger partial charge in [0.1, 0.15) is 17.7 Å². The number of rotatable bonds is 10. The molecule has 0 bridgehead atoms. The zero-order valence-corrected chi connectivity index (χ0v) is 22.2. The Morgan fingerprint density at radius 3 is 2.26 bits per heavy atom. The molecule has 35 heavy (non-hydrogen) atoms. The monoisotopic (exact) mass is 483 g/mol. The van der Waals surface area contributed by atoms with Gasteiger partial charge in [-0.15, -0.1) is 6.42 Å². The lowest BCUT2D eigenvalue weighted by Crippen LogP contribution is -2.55. The van der Waals surface area contributed by atoms with E-state index in [2.05, 4.69) is 30.4 Å². The van der Waals surface area contributed by atoms with E-state index in [-0.39, 0.29) is 29.7 Å².